The lowest BCUT2D eigenvalue weighted by molar-refractivity contribution is 0.0947. The maximum atomic E-state index is 12.4. The van der Waals surface area contributed by atoms with Gasteiger partial charge in [-0.25, -0.2) is 0 Å². The zero-order valence-corrected chi connectivity index (χ0v) is 13.3. The van der Waals surface area contributed by atoms with E-state index in [1.54, 1.807) is 30.3 Å². The fourth-order valence-corrected chi connectivity index (χ4v) is 2.37. The highest BCUT2D eigenvalue weighted by Crippen LogP contribution is 2.27. The summed E-state index contributed by atoms with van der Waals surface area (Å²) in [7, 11) is 3.04. The molecule has 2 aromatic rings. The fourth-order valence-electron chi connectivity index (χ4n) is 2.37. The molecular weight excluding hydrogens is 294 g/mol. The first-order valence-corrected chi connectivity index (χ1v) is 7.42. The fraction of sp³-hybridized carbons (Fsp3) is 0.278. The van der Waals surface area contributed by atoms with E-state index >= 15 is 0 Å². The summed E-state index contributed by atoms with van der Waals surface area (Å²) in [5.74, 6) is 0.991. The summed E-state index contributed by atoms with van der Waals surface area (Å²) in [4.78, 5) is 12.4. The van der Waals surface area contributed by atoms with Gasteiger partial charge in [-0.3, -0.25) is 4.79 Å². The Labute approximate surface area is 135 Å². The Bertz CT molecular complexity index is 648. The number of hydrogen-bond donors (Lipinski definition) is 2. The smallest absolute Gasteiger partial charge is 0.258 e. The second kappa shape index (κ2) is 8.08. The highest BCUT2D eigenvalue weighted by Gasteiger charge is 2.17. The lowest BCUT2D eigenvalue weighted by Gasteiger charge is -2.13. The third kappa shape index (κ3) is 4.39. The summed E-state index contributed by atoms with van der Waals surface area (Å²) in [5, 5.41) is 12.3. The van der Waals surface area contributed by atoms with Gasteiger partial charge in [-0.2, -0.15) is 0 Å². The third-order valence-electron chi connectivity index (χ3n) is 3.49. The molecule has 0 saturated carbocycles. The molecule has 0 bridgehead atoms. The summed E-state index contributed by atoms with van der Waals surface area (Å²) in [6.45, 7) is 0.524. The highest BCUT2D eigenvalue weighted by molar-refractivity contribution is 5.99. The van der Waals surface area contributed by atoms with Crippen molar-refractivity contribution < 1.29 is 19.4 Å². The monoisotopic (exact) mass is 315 g/mol. The van der Waals surface area contributed by atoms with Crippen molar-refractivity contribution in [2.75, 3.05) is 20.8 Å². The minimum absolute atomic E-state index is 0.227. The third-order valence-corrected chi connectivity index (χ3v) is 3.49. The molecule has 5 heteroatoms. The van der Waals surface area contributed by atoms with E-state index in [0.717, 1.165) is 18.4 Å². The lowest BCUT2D eigenvalue weighted by atomic mass is 10.1. The number of benzene rings is 2. The normalized spacial score (nSPS) is 10.2. The summed E-state index contributed by atoms with van der Waals surface area (Å²) < 4.78 is 10.5. The summed E-state index contributed by atoms with van der Waals surface area (Å²) in [6, 6.07) is 12.3. The summed E-state index contributed by atoms with van der Waals surface area (Å²) in [5.41, 5.74) is 1.43. The van der Waals surface area contributed by atoms with Gasteiger partial charge in [-0.05, 0) is 42.7 Å². The molecule has 0 radical (unpaired) electrons. The van der Waals surface area contributed by atoms with E-state index < -0.39 is 0 Å². The predicted molar refractivity (Wildman–Crippen MR) is 88.3 cm³/mol. The molecule has 0 saturated heterocycles. The van der Waals surface area contributed by atoms with E-state index in [2.05, 4.69) is 5.32 Å². The Balaban J connectivity index is 1.92. The molecule has 5 nitrogen and oxygen atoms in total. The number of phenols is 1. The van der Waals surface area contributed by atoms with Crippen LogP contribution in [0.4, 0.5) is 0 Å². The molecule has 23 heavy (non-hydrogen) atoms. The molecule has 1 amide bonds. The van der Waals surface area contributed by atoms with Gasteiger partial charge in [0.25, 0.3) is 5.91 Å². The Morgan fingerprint density at radius 2 is 1.74 bits per heavy atom. The molecule has 2 aromatic carbocycles. The van der Waals surface area contributed by atoms with Crippen LogP contribution in [0, 0.1) is 0 Å². The molecule has 0 aliphatic heterocycles. The SMILES string of the molecule is COc1cccc(OC)c1C(=O)NCCCc1cccc(O)c1. The van der Waals surface area contributed by atoms with Crippen molar-refractivity contribution in [3.8, 4) is 17.2 Å². The first-order chi connectivity index (χ1) is 11.2. The number of hydrogen-bond acceptors (Lipinski definition) is 4. The second-order valence-electron chi connectivity index (χ2n) is 5.07. The van der Waals surface area contributed by atoms with Crippen LogP contribution in [0.1, 0.15) is 22.3 Å². The maximum Gasteiger partial charge on any atom is 0.258 e. The van der Waals surface area contributed by atoms with Gasteiger partial charge in [0.1, 0.15) is 22.8 Å². The van der Waals surface area contributed by atoms with Crippen molar-refractivity contribution in [3.63, 3.8) is 0 Å². The molecule has 0 atom stereocenters. The zero-order valence-electron chi connectivity index (χ0n) is 13.3. The van der Waals surface area contributed by atoms with E-state index in [4.69, 9.17) is 9.47 Å². The van der Waals surface area contributed by atoms with E-state index in [1.807, 2.05) is 12.1 Å². The lowest BCUT2D eigenvalue weighted by Crippen LogP contribution is -2.25. The van der Waals surface area contributed by atoms with Gasteiger partial charge in [-0.1, -0.05) is 18.2 Å². The number of methoxy groups -OCH3 is 2. The quantitative estimate of drug-likeness (QED) is 0.771. The molecule has 2 rings (SSSR count). The van der Waals surface area contributed by atoms with Crippen LogP contribution in [-0.2, 0) is 6.42 Å². The molecule has 0 aliphatic carbocycles. The van der Waals surface area contributed by atoms with Crippen LogP contribution in [0.15, 0.2) is 42.5 Å². The van der Waals surface area contributed by atoms with Crippen molar-refractivity contribution in [1.29, 1.82) is 0 Å². The topological polar surface area (TPSA) is 67.8 Å². The van der Waals surface area contributed by atoms with Gasteiger partial charge in [0, 0.05) is 6.54 Å². The Hall–Kier alpha value is -2.69. The zero-order chi connectivity index (χ0) is 16.7. The molecule has 122 valence electrons. The van der Waals surface area contributed by atoms with Crippen LogP contribution in [0.25, 0.3) is 0 Å². The van der Waals surface area contributed by atoms with Gasteiger partial charge < -0.3 is 19.9 Å². The molecule has 0 aliphatic rings. The maximum absolute atomic E-state index is 12.4. The van der Waals surface area contributed by atoms with Crippen LogP contribution in [0.2, 0.25) is 0 Å². The number of ether oxygens (including phenoxy) is 2. The standard InChI is InChI=1S/C18H21NO4/c1-22-15-9-4-10-16(23-2)17(15)18(21)19-11-5-7-13-6-3-8-14(20)12-13/h3-4,6,8-10,12,20H,5,7,11H2,1-2H3,(H,19,21). The minimum Gasteiger partial charge on any atom is -0.508 e. The number of amides is 1. The van der Waals surface area contributed by atoms with E-state index in [0.29, 0.717) is 23.6 Å². The number of aromatic hydroxyl groups is 1. The van der Waals surface area contributed by atoms with Crippen molar-refractivity contribution in [1.82, 2.24) is 5.32 Å². The van der Waals surface area contributed by atoms with Crippen LogP contribution in [-0.4, -0.2) is 31.8 Å². The largest absolute Gasteiger partial charge is 0.508 e. The molecule has 0 aromatic heterocycles. The Morgan fingerprint density at radius 3 is 2.35 bits per heavy atom. The summed E-state index contributed by atoms with van der Waals surface area (Å²) in [6.07, 6.45) is 1.55. The van der Waals surface area contributed by atoms with Crippen LogP contribution in [0.3, 0.4) is 0 Å². The van der Waals surface area contributed by atoms with Crippen molar-refractivity contribution >= 4 is 5.91 Å². The van der Waals surface area contributed by atoms with Crippen LogP contribution < -0.4 is 14.8 Å². The van der Waals surface area contributed by atoms with E-state index in [1.165, 1.54) is 14.2 Å². The number of rotatable bonds is 7. The average molecular weight is 315 g/mol. The number of nitrogens with one attached hydrogen (secondary N) is 1. The number of aryl methyl sites for hydroxylation is 1. The number of carbonyl (C=O) groups is 1. The first kappa shape index (κ1) is 16.7. The van der Waals surface area contributed by atoms with E-state index in [9.17, 15) is 9.90 Å². The molecule has 2 N–H and O–H groups in total. The van der Waals surface area contributed by atoms with Crippen molar-refractivity contribution in [2.45, 2.75) is 12.8 Å². The van der Waals surface area contributed by atoms with Crippen molar-refractivity contribution in [3.05, 3.63) is 53.6 Å². The second-order valence-corrected chi connectivity index (χ2v) is 5.07. The molecule has 0 heterocycles. The first-order valence-electron chi connectivity index (χ1n) is 7.42. The van der Waals surface area contributed by atoms with Gasteiger partial charge >= 0.3 is 0 Å². The van der Waals surface area contributed by atoms with E-state index in [-0.39, 0.29) is 11.7 Å². The molecular formula is C18H21NO4. The summed E-state index contributed by atoms with van der Waals surface area (Å²) >= 11 is 0. The minimum atomic E-state index is -0.227. The molecule has 0 spiro atoms. The highest BCUT2D eigenvalue weighted by atomic mass is 16.5. The average Bonchev–Trinajstić information content (AvgIpc) is 2.57. The van der Waals surface area contributed by atoms with Gasteiger partial charge in [-0.15, -0.1) is 0 Å². The van der Waals surface area contributed by atoms with Crippen LogP contribution >= 0.6 is 0 Å². The molecule has 0 fully saturated rings. The number of phenolic OH excluding ortho intramolecular Hbond substituents is 1. The Morgan fingerprint density at radius 1 is 1.09 bits per heavy atom. The van der Waals surface area contributed by atoms with Gasteiger partial charge in [0.15, 0.2) is 0 Å². The van der Waals surface area contributed by atoms with Crippen molar-refractivity contribution in [2.24, 2.45) is 0 Å². The van der Waals surface area contributed by atoms with Gasteiger partial charge in [0.05, 0.1) is 14.2 Å². The number of carbonyl (C=O) groups excluding carboxylic acids is 1. The Kier molecular flexibility index (Phi) is 5.86. The van der Waals surface area contributed by atoms with Gasteiger partial charge in [0.2, 0.25) is 0 Å². The molecule has 0 unspecified atom stereocenters. The predicted octanol–water partition coefficient (Wildman–Crippen LogP) is 2.77. The van der Waals surface area contributed by atoms with Crippen LogP contribution in [0.5, 0.6) is 17.2 Å².